The second kappa shape index (κ2) is 9.81. The Hall–Kier alpha value is -3.40. The SMILES string of the molecule is Cc1nc2c3c(nn2c(C)c1Cl)CN(C(=O)c1ccc(F)cc1OC1C/C(=C/O)N(CCF)C(C)C1)C3. The lowest BCUT2D eigenvalue weighted by atomic mass is 9.97. The Bertz CT molecular complexity index is 1410. The van der Waals surface area contributed by atoms with Gasteiger partial charge in [-0.2, -0.15) is 5.10 Å². The van der Waals surface area contributed by atoms with E-state index in [-0.39, 0.29) is 36.4 Å². The maximum absolute atomic E-state index is 14.2. The van der Waals surface area contributed by atoms with Crippen molar-refractivity contribution in [3.8, 4) is 5.75 Å². The summed E-state index contributed by atoms with van der Waals surface area (Å²) in [5, 5.41) is 14.9. The van der Waals surface area contributed by atoms with E-state index in [2.05, 4.69) is 10.1 Å². The molecule has 2 unspecified atom stereocenters. The van der Waals surface area contributed by atoms with Crippen molar-refractivity contribution in [1.82, 2.24) is 24.4 Å². The lowest BCUT2D eigenvalue weighted by molar-refractivity contribution is 0.0718. The molecule has 8 nitrogen and oxygen atoms in total. The molecule has 5 rings (SSSR count). The van der Waals surface area contributed by atoms with Gasteiger partial charge < -0.3 is 19.6 Å². The number of fused-ring (bicyclic) bond motifs is 3. The van der Waals surface area contributed by atoms with Crippen LogP contribution in [0.15, 0.2) is 30.2 Å². The first-order valence-electron chi connectivity index (χ1n) is 12.2. The van der Waals surface area contributed by atoms with E-state index in [0.717, 1.165) is 23.2 Å². The molecule has 2 aliphatic rings. The fraction of sp³-hybridized carbons (Fsp3) is 0.423. The number of alkyl halides is 1. The van der Waals surface area contributed by atoms with E-state index < -0.39 is 18.6 Å². The van der Waals surface area contributed by atoms with Crippen molar-refractivity contribution in [2.75, 3.05) is 13.2 Å². The third-order valence-corrected chi connectivity index (χ3v) is 7.67. The summed E-state index contributed by atoms with van der Waals surface area (Å²) in [6.45, 7) is 5.82. The van der Waals surface area contributed by atoms with Crippen molar-refractivity contribution < 1.29 is 23.4 Å². The van der Waals surface area contributed by atoms with Gasteiger partial charge in [-0.3, -0.25) is 4.79 Å². The number of amides is 1. The van der Waals surface area contributed by atoms with Crippen LogP contribution in [0.5, 0.6) is 5.75 Å². The number of aliphatic hydroxyl groups excluding tert-OH is 1. The average Bonchev–Trinajstić information content (AvgIpc) is 3.43. The zero-order valence-corrected chi connectivity index (χ0v) is 21.6. The molecule has 2 aliphatic heterocycles. The van der Waals surface area contributed by atoms with E-state index in [1.165, 1.54) is 18.2 Å². The van der Waals surface area contributed by atoms with E-state index in [1.54, 1.807) is 14.3 Å². The molecule has 3 aromatic rings. The van der Waals surface area contributed by atoms with Crippen LogP contribution in [-0.2, 0) is 13.1 Å². The number of nitrogens with zero attached hydrogens (tertiary/aromatic N) is 5. The fourth-order valence-electron chi connectivity index (χ4n) is 5.27. The Kier molecular flexibility index (Phi) is 6.70. The molecule has 37 heavy (non-hydrogen) atoms. The number of likely N-dealkylation sites (tertiary alicyclic amines) is 1. The quantitative estimate of drug-likeness (QED) is 0.472. The van der Waals surface area contributed by atoms with E-state index >= 15 is 0 Å². The molecule has 2 atom stereocenters. The smallest absolute Gasteiger partial charge is 0.258 e. The molecule has 0 bridgehead atoms. The monoisotopic (exact) mass is 531 g/mol. The molecule has 1 fully saturated rings. The van der Waals surface area contributed by atoms with Crippen LogP contribution in [0.1, 0.15) is 52.8 Å². The third-order valence-electron chi connectivity index (χ3n) is 7.13. The van der Waals surface area contributed by atoms with Crippen LogP contribution in [-0.4, -0.2) is 60.8 Å². The Morgan fingerprint density at radius 2 is 2.11 bits per heavy atom. The maximum atomic E-state index is 14.2. The minimum Gasteiger partial charge on any atom is -0.514 e. The van der Waals surface area contributed by atoms with Gasteiger partial charge in [0, 0.05) is 37.1 Å². The van der Waals surface area contributed by atoms with E-state index in [1.807, 2.05) is 20.8 Å². The van der Waals surface area contributed by atoms with Gasteiger partial charge in [-0.15, -0.1) is 0 Å². The molecular weight excluding hydrogens is 504 g/mol. The lowest BCUT2D eigenvalue weighted by Crippen LogP contribution is -2.44. The Labute approximate surface area is 218 Å². The van der Waals surface area contributed by atoms with Crippen LogP contribution in [0, 0.1) is 19.7 Å². The summed E-state index contributed by atoms with van der Waals surface area (Å²) >= 11 is 6.33. The minimum absolute atomic E-state index is 0.0986. The molecule has 0 radical (unpaired) electrons. The average molecular weight is 532 g/mol. The Morgan fingerprint density at radius 3 is 2.84 bits per heavy atom. The van der Waals surface area contributed by atoms with E-state index in [0.29, 0.717) is 41.4 Å². The van der Waals surface area contributed by atoms with Crippen molar-refractivity contribution in [3.05, 3.63) is 69.2 Å². The summed E-state index contributed by atoms with van der Waals surface area (Å²) < 4.78 is 35.1. The van der Waals surface area contributed by atoms with Crippen LogP contribution in [0.25, 0.3) is 5.65 Å². The number of carbonyl (C=O) groups is 1. The molecule has 1 saturated heterocycles. The highest BCUT2D eigenvalue weighted by molar-refractivity contribution is 6.31. The normalized spacial score (nSPS) is 20.6. The number of hydrogen-bond acceptors (Lipinski definition) is 6. The molecule has 2 aromatic heterocycles. The molecule has 0 saturated carbocycles. The number of halogens is 3. The second-order valence-corrected chi connectivity index (χ2v) is 9.97. The van der Waals surface area contributed by atoms with Crippen molar-refractivity contribution in [2.24, 2.45) is 0 Å². The highest BCUT2D eigenvalue weighted by Gasteiger charge is 2.34. The van der Waals surface area contributed by atoms with Gasteiger partial charge in [0.25, 0.3) is 5.91 Å². The van der Waals surface area contributed by atoms with Gasteiger partial charge in [0.15, 0.2) is 5.65 Å². The summed E-state index contributed by atoms with van der Waals surface area (Å²) in [7, 11) is 0. The topological polar surface area (TPSA) is 83.2 Å². The van der Waals surface area contributed by atoms with Crippen LogP contribution in [0.3, 0.4) is 0 Å². The number of piperidine rings is 1. The van der Waals surface area contributed by atoms with E-state index in [4.69, 9.17) is 16.3 Å². The molecular formula is C26H28ClF2N5O3. The zero-order chi connectivity index (χ0) is 26.4. The van der Waals surface area contributed by atoms with Crippen LogP contribution < -0.4 is 4.74 Å². The van der Waals surface area contributed by atoms with Crippen LogP contribution in [0.4, 0.5) is 8.78 Å². The molecule has 0 spiro atoms. The standard InChI is InChI=1S/C26H28ClF2N5O3/c1-14-8-19(10-18(13-35)33(14)7-6-28)37-23-9-17(29)4-5-20(23)26(36)32-11-21-22(12-32)31-34-16(3)24(27)15(2)30-25(21)34/h4-5,9,13-14,19,35H,6-8,10-12H2,1-3H3/b18-13-. The lowest BCUT2D eigenvalue weighted by Gasteiger charge is -2.40. The molecule has 196 valence electrons. The van der Waals surface area contributed by atoms with Gasteiger partial charge in [-0.05, 0) is 32.9 Å². The molecule has 1 N–H and O–H groups in total. The van der Waals surface area contributed by atoms with Gasteiger partial charge in [0.05, 0.1) is 52.7 Å². The number of hydrogen-bond donors (Lipinski definition) is 1. The number of carbonyl (C=O) groups excluding carboxylic acids is 1. The zero-order valence-electron chi connectivity index (χ0n) is 20.8. The highest BCUT2D eigenvalue weighted by Crippen LogP contribution is 2.34. The van der Waals surface area contributed by atoms with Crippen molar-refractivity contribution in [2.45, 2.75) is 58.8 Å². The molecule has 0 aliphatic carbocycles. The Balaban J connectivity index is 1.38. The van der Waals surface area contributed by atoms with Crippen molar-refractivity contribution >= 4 is 23.2 Å². The molecule has 11 heteroatoms. The molecule has 4 heterocycles. The van der Waals surface area contributed by atoms with Crippen molar-refractivity contribution in [3.63, 3.8) is 0 Å². The first-order chi connectivity index (χ1) is 17.7. The Morgan fingerprint density at radius 1 is 1.32 bits per heavy atom. The van der Waals surface area contributed by atoms with Crippen LogP contribution in [0.2, 0.25) is 5.02 Å². The number of ether oxygens (including phenoxy) is 1. The highest BCUT2D eigenvalue weighted by atomic mass is 35.5. The van der Waals surface area contributed by atoms with Gasteiger partial charge in [-0.1, -0.05) is 11.6 Å². The first kappa shape index (κ1) is 25.3. The number of aromatic nitrogens is 3. The van der Waals surface area contributed by atoms with Crippen LogP contribution >= 0.6 is 11.6 Å². The first-order valence-corrected chi connectivity index (χ1v) is 12.5. The summed E-state index contributed by atoms with van der Waals surface area (Å²) in [5.41, 5.74) is 4.51. The second-order valence-electron chi connectivity index (χ2n) is 9.59. The number of rotatable bonds is 5. The van der Waals surface area contributed by atoms with Gasteiger partial charge in [0.2, 0.25) is 0 Å². The number of aliphatic hydroxyl groups is 1. The van der Waals surface area contributed by atoms with Gasteiger partial charge in [0.1, 0.15) is 24.3 Å². The fourth-order valence-corrected chi connectivity index (χ4v) is 5.40. The summed E-state index contributed by atoms with van der Waals surface area (Å²) in [4.78, 5) is 21.6. The largest absolute Gasteiger partial charge is 0.514 e. The molecule has 1 amide bonds. The summed E-state index contributed by atoms with van der Waals surface area (Å²) in [6, 6.07) is 3.76. The van der Waals surface area contributed by atoms with Crippen molar-refractivity contribution in [1.29, 1.82) is 0 Å². The van der Waals surface area contributed by atoms with E-state index in [9.17, 15) is 18.7 Å². The predicted octanol–water partition coefficient (Wildman–Crippen LogP) is 4.90. The summed E-state index contributed by atoms with van der Waals surface area (Å²) in [5.74, 6) is -0.704. The number of aryl methyl sites for hydroxylation is 2. The van der Waals surface area contributed by atoms with Gasteiger partial charge >= 0.3 is 0 Å². The minimum atomic E-state index is -0.541. The van der Waals surface area contributed by atoms with Gasteiger partial charge in [-0.25, -0.2) is 18.3 Å². The third kappa shape index (κ3) is 4.47. The maximum Gasteiger partial charge on any atom is 0.258 e. The predicted molar refractivity (Wildman–Crippen MR) is 134 cm³/mol. The number of benzene rings is 1. The molecule has 1 aromatic carbocycles. The summed E-state index contributed by atoms with van der Waals surface area (Å²) in [6.07, 6.45) is 1.38.